The number of hydrogen-bond acceptors (Lipinski definition) is 3. The Kier molecular flexibility index (Phi) is 5.51. The Labute approximate surface area is 80.6 Å². The predicted molar refractivity (Wildman–Crippen MR) is 53.0 cm³/mol. The van der Waals surface area contributed by atoms with E-state index in [0.29, 0.717) is 13.1 Å². The van der Waals surface area contributed by atoms with E-state index in [9.17, 15) is 8.42 Å². The molecule has 0 amide bonds. The maximum absolute atomic E-state index is 11.6. The summed E-state index contributed by atoms with van der Waals surface area (Å²) in [6.45, 7) is 6.25. The minimum absolute atomic E-state index is 0.0329. The maximum Gasteiger partial charge on any atom is 0.214 e. The standard InChI is InChI=1S/C8H19NO3S/c1-4-9(5-2)13(11,12)7-8(3)6-10/h8,10H,4-7H2,1-3H3. The molecule has 0 aliphatic heterocycles. The first-order valence-electron chi connectivity index (χ1n) is 4.56. The quantitative estimate of drug-likeness (QED) is 0.684. The SMILES string of the molecule is CCN(CC)S(=O)(=O)CC(C)CO. The van der Waals surface area contributed by atoms with Crippen LogP contribution < -0.4 is 0 Å². The lowest BCUT2D eigenvalue weighted by molar-refractivity contribution is 0.247. The van der Waals surface area contributed by atoms with Gasteiger partial charge in [0.1, 0.15) is 0 Å². The van der Waals surface area contributed by atoms with Crippen LogP contribution in [0.15, 0.2) is 0 Å². The highest BCUT2D eigenvalue weighted by Crippen LogP contribution is 2.06. The average molecular weight is 209 g/mol. The third kappa shape index (κ3) is 4.06. The van der Waals surface area contributed by atoms with Crippen molar-refractivity contribution in [3.05, 3.63) is 0 Å². The van der Waals surface area contributed by atoms with Gasteiger partial charge in [0, 0.05) is 19.7 Å². The van der Waals surface area contributed by atoms with Crippen molar-refractivity contribution in [2.45, 2.75) is 20.8 Å². The third-order valence-electron chi connectivity index (χ3n) is 1.91. The Morgan fingerprint density at radius 2 is 1.77 bits per heavy atom. The van der Waals surface area contributed by atoms with Crippen molar-refractivity contribution in [2.75, 3.05) is 25.4 Å². The van der Waals surface area contributed by atoms with Gasteiger partial charge >= 0.3 is 0 Å². The number of hydrogen-bond donors (Lipinski definition) is 1. The average Bonchev–Trinajstić information content (AvgIpc) is 2.05. The summed E-state index contributed by atoms with van der Waals surface area (Å²) in [5.74, 6) is -0.156. The lowest BCUT2D eigenvalue weighted by Gasteiger charge is -2.20. The van der Waals surface area contributed by atoms with Crippen LogP contribution >= 0.6 is 0 Å². The van der Waals surface area contributed by atoms with Crippen LogP contribution in [0.2, 0.25) is 0 Å². The van der Waals surface area contributed by atoms with Gasteiger partial charge in [-0.15, -0.1) is 0 Å². The zero-order valence-corrected chi connectivity index (χ0v) is 9.34. The number of nitrogens with zero attached hydrogens (tertiary/aromatic N) is 1. The van der Waals surface area contributed by atoms with Gasteiger partial charge < -0.3 is 5.11 Å². The number of sulfonamides is 1. The lowest BCUT2D eigenvalue weighted by Crippen LogP contribution is -2.35. The Hall–Kier alpha value is -0.130. The van der Waals surface area contributed by atoms with Crippen molar-refractivity contribution in [1.29, 1.82) is 0 Å². The summed E-state index contributed by atoms with van der Waals surface area (Å²) >= 11 is 0. The molecular formula is C8H19NO3S. The topological polar surface area (TPSA) is 57.6 Å². The molecule has 1 atom stereocenters. The minimum atomic E-state index is -3.16. The number of aliphatic hydroxyl groups excluding tert-OH is 1. The van der Waals surface area contributed by atoms with E-state index in [4.69, 9.17) is 5.11 Å². The molecule has 0 aromatic carbocycles. The van der Waals surface area contributed by atoms with E-state index in [1.165, 1.54) is 4.31 Å². The summed E-state index contributed by atoms with van der Waals surface area (Å²) in [6, 6.07) is 0. The zero-order valence-electron chi connectivity index (χ0n) is 8.52. The molecule has 0 saturated carbocycles. The zero-order chi connectivity index (χ0) is 10.5. The molecule has 13 heavy (non-hydrogen) atoms. The molecule has 1 N–H and O–H groups in total. The smallest absolute Gasteiger partial charge is 0.214 e. The molecule has 0 aromatic heterocycles. The summed E-state index contributed by atoms with van der Waals surface area (Å²) < 4.78 is 24.6. The van der Waals surface area contributed by atoms with Gasteiger partial charge in [0.15, 0.2) is 0 Å². The van der Waals surface area contributed by atoms with Crippen molar-refractivity contribution < 1.29 is 13.5 Å². The molecule has 0 aliphatic carbocycles. The van der Waals surface area contributed by atoms with Crippen LogP contribution in [0, 0.1) is 5.92 Å². The molecule has 1 unspecified atom stereocenters. The van der Waals surface area contributed by atoms with Gasteiger partial charge in [-0.05, 0) is 5.92 Å². The molecule has 0 rings (SSSR count). The summed E-state index contributed by atoms with van der Waals surface area (Å²) in [5, 5.41) is 8.74. The van der Waals surface area contributed by atoms with E-state index in [-0.39, 0.29) is 18.3 Å². The summed E-state index contributed by atoms with van der Waals surface area (Å²) in [6.07, 6.45) is 0. The fourth-order valence-corrected chi connectivity index (χ4v) is 2.96. The number of rotatable bonds is 6. The molecule has 0 aliphatic rings. The lowest BCUT2D eigenvalue weighted by atomic mass is 10.2. The van der Waals surface area contributed by atoms with Crippen molar-refractivity contribution in [1.82, 2.24) is 4.31 Å². The van der Waals surface area contributed by atoms with Crippen molar-refractivity contribution in [3.8, 4) is 0 Å². The van der Waals surface area contributed by atoms with Gasteiger partial charge in [-0.3, -0.25) is 0 Å². The van der Waals surface area contributed by atoms with Gasteiger partial charge in [-0.2, -0.15) is 0 Å². The molecule has 4 nitrogen and oxygen atoms in total. The summed E-state index contributed by atoms with van der Waals surface area (Å²) in [4.78, 5) is 0. The van der Waals surface area contributed by atoms with E-state index >= 15 is 0 Å². The molecule has 0 fully saturated rings. The van der Waals surface area contributed by atoms with Crippen LogP contribution in [0.3, 0.4) is 0 Å². The molecule has 0 radical (unpaired) electrons. The second kappa shape index (κ2) is 5.57. The molecule has 0 aromatic rings. The first kappa shape index (κ1) is 12.9. The Morgan fingerprint density at radius 1 is 1.31 bits per heavy atom. The summed E-state index contributed by atoms with van der Waals surface area (Å²) in [7, 11) is -3.16. The Balaban J connectivity index is 4.38. The third-order valence-corrected chi connectivity index (χ3v) is 4.20. The van der Waals surface area contributed by atoms with Crippen LogP contribution in [0.4, 0.5) is 0 Å². The molecule has 0 saturated heterocycles. The molecule has 0 spiro atoms. The highest BCUT2D eigenvalue weighted by Gasteiger charge is 2.21. The van der Waals surface area contributed by atoms with E-state index < -0.39 is 10.0 Å². The van der Waals surface area contributed by atoms with Crippen molar-refractivity contribution >= 4 is 10.0 Å². The van der Waals surface area contributed by atoms with Gasteiger partial charge in [0.25, 0.3) is 0 Å². The van der Waals surface area contributed by atoms with Crippen LogP contribution in [0.5, 0.6) is 0 Å². The second-order valence-corrected chi connectivity index (χ2v) is 5.16. The van der Waals surface area contributed by atoms with Crippen LogP contribution in [0.25, 0.3) is 0 Å². The highest BCUT2D eigenvalue weighted by atomic mass is 32.2. The van der Waals surface area contributed by atoms with Crippen LogP contribution in [0.1, 0.15) is 20.8 Å². The Morgan fingerprint density at radius 3 is 2.08 bits per heavy atom. The van der Waals surface area contributed by atoms with Crippen molar-refractivity contribution in [3.63, 3.8) is 0 Å². The largest absolute Gasteiger partial charge is 0.396 e. The molecule has 0 heterocycles. The van der Waals surface area contributed by atoms with Crippen molar-refractivity contribution in [2.24, 2.45) is 5.92 Å². The second-order valence-electron chi connectivity index (χ2n) is 3.15. The molecule has 80 valence electrons. The van der Waals surface area contributed by atoms with Crippen LogP contribution in [-0.4, -0.2) is 43.3 Å². The fourth-order valence-electron chi connectivity index (χ4n) is 1.13. The predicted octanol–water partition coefficient (Wildman–Crippen LogP) is 0.286. The van der Waals surface area contributed by atoms with Gasteiger partial charge in [0.2, 0.25) is 10.0 Å². The van der Waals surface area contributed by atoms with E-state index in [2.05, 4.69) is 0 Å². The van der Waals surface area contributed by atoms with Gasteiger partial charge in [0.05, 0.1) is 5.75 Å². The summed E-state index contributed by atoms with van der Waals surface area (Å²) in [5.41, 5.74) is 0. The van der Waals surface area contributed by atoms with Gasteiger partial charge in [-0.25, -0.2) is 12.7 Å². The normalized spacial score (nSPS) is 14.8. The van der Waals surface area contributed by atoms with E-state index in [0.717, 1.165) is 0 Å². The first-order chi connectivity index (χ1) is 5.97. The molecule has 5 heteroatoms. The minimum Gasteiger partial charge on any atom is -0.396 e. The Bertz CT molecular complexity index is 222. The van der Waals surface area contributed by atoms with E-state index in [1.807, 2.05) is 13.8 Å². The number of aliphatic hydroxyl groups is 1. The fraction of sp³-hybridized carbons (Fsp3) is 1.00. The maximum atomic E-state index is 11.6. The highest BCUT2D eigenvalue weighted by molar-refractivity contribution is 7.89. The first-order valence-corrected chi connectivity index (χ1v) is 6.17. The van der Waals surface area contributed by atoms with Gasteiger partial charge in [-0.1, -0.05) is 20.8 Å². The molecular weight excluding hydrogens is 190 g/mol. The van der Waals surface area contributed by atoms with Crippen LogP contribution in [-0.2, 0) is 10.0 Å². The molecule has 0 bridgehead atoms. The monoisotopic (exact) mass is 209 g/mol. The van der Waals surface area contributed by atoms with E-state index in [1.54, 1.807) is 6.92 Å².